The third kappa shape index (κ3) is 5.16. The third-order valence-electron chi connectivity index (χ3n) is 4.46. The van der Waals surface area contributed by atoms with Crippen molar-refractivity contribution in [2.24, 2.45) is 0 Å². The zero-order valence-electron chi connectivity index (χ0n) is 16.5. The van der Waals surface area contributed by atoms with Crippen LogP contribution in [0.4, 0.5) is 15.8 Å². The van der Waals surface area contributed by atoms with Crippen LogP contribution in [0.25, 0.3) is 0 Å². The van der Waals surface area contributed by atoms with Crippen molar-refractivity contribution in [3.63, 3.8) is 0 Å². The molecule has 0 aliphatic heterocycles. The average Bonchev–Trinajstić information content (AvgIpc) is 2.60. The molecule has 0 aliphatic rings. The largest absolute Gasteiger partial charge is 0.324 e. The van der Waals surface area contributed by atoms with Gasteiger partial charge in [0.1, 0.15) is 12.4 Å². The second-order valence-electron chi connectivity index (χ2n) is 7.25. The minimum atomic E-state index is -0.390. The summed E-state index contributed by atoms with van der Waals surface area (Å²) < 4.78 is 13.2. The molecule has 5 heteroatoms. The van der Waals surface area contributed by atoms with E-state index in [9.17, 15) is 14.0 Å². The fourth-order valence-electron chi connectivity index (χ4n) is 3.02. The van der Waals surface area contributed by atoms with E-state index in [1.54, 1.807) is 0 Å². The van der Waals surface area contributed by atoms with Gasteiger partial charge in [-0.2, -0.15) is 0 Å². The molecule has 0 saturated heterocycles. The summed E-state index contributed by atoms with van der Waals surface area (Å²) in [4.78, 5) is 26.1. The van der Waals surface area contributed by atoms with E-state index in [1.807, 2.05) is 18.2 Å². The topological polar surface area (TPSA) is 49.4 Å². The Morgan fingerprint density at radius 3 is 1.93 bits per heavy atom. The Kier molecular flexibility index (Phi) is 6.72. The Morgan fingerprint density at radius 1 is 0.963 bits per heavy atom. The predicted molar refractivity (Wildman–Crippen MR) is 108 cm³/mol. The molecule has 4 nitrogen and oxygen atoms in total. The Morgan fingerprint density at radius 2 is 1.48 bits per heavy atom. The molecule has 0 aliphatic carbocycles. The van der Waals surface area contributed by atoms with Crippen molar-refractivity contribution >= 4 is 23.2 Å². The molecular weight excluding hydrogens is 343 g/mol. The number of halogens is 1. The van der Waals surface area contributed by atoms with Crippen LogP contribution < -0.4 is 10.2 Å². The van der Waals surface area contributed by atoms with Gasteiger partial charge in [-0.05, 0) is 47.2 Å². The number of carbonyl (C=O) groups is 2. The lowest BCUT2D eigenvalue weighted by Crippen LogP contribution is -2.37. The maximum Gasteiger partial charge on any atom is 0.244 e. The first kappa shape index (κ1) is 20.6. The number of para-hydroxylation sites is 1. The van der Waals surface area contributed by atoms with Crippen LogP contribution in [-0.4, -0.2) is 18.4 Å². The van der Waals surface area contributed by atoms with Crippen molar-refractivity contribution in [1.29, 1.82) is 0 Å². The summed E-state index contributed by atoms with van der Waals surface area (Å²) in [6.07, 6.45) is 0. The van der Waals surface area contributed by atoms with Crippen LogP contribution >= 0.6 is 0 Å². The van der Waals surface area contributed by atoms with Gasteiger partial charge in [0.05, 0.1) is 0 Å². The van der Waals surface area contributed by atoms with E-state index in [0.29, 0.717) is 5.69 Å². The molecule has 0 aromatic heterocycles. The molecule has 2 aromatic rings. The molecule has 0 spiro atoms. The van der Waals surface area contributed by atoms with Crippen molar-refractivity contribution in [3.05, 3.63) is 59.4 Å². The third-order valence-corrected chi connectivity index (χ3v) is 4.46. The summed E-state index contributed by atoms with van der Waals surface area (Å²) in [5.41, 5.74) is 3.42. The monoisotopic (exact) mass is 370 g/mol. The van der Waals surface area contributed by atoms with Gasteiger partial charge in [0.2, 0.25) is 11.8 Å². The molecular formula is C22H27FN2O2. The highest BCUT2D eigenvalue weighted by Crippen LogP contribution is 2.32. The first-order valence-corrected chi connectivity index (χ1v) is 9.17. The van der Waals surface area contributed by atoms with E-state index < -0.39 is 0 Å². The Balaban J connectivity index is 2.28. The molecule has 144 valence electrons. The van der Waals surface area contributed by atoms with Crippen molar-refractivity contribution in [2.75, 3.05) is 16.8 Å². The van der Waals surface area contributed by atoms with Crippen LogP contribution in [0.2, 0.25) is 0 Å². The van der Waals surface area contributed by atoms with E-state index in [0.717, 1.165) is 16.8 Å². The number of benzene rings is 2. The second-order valence-corrected chi connectivity index (χ2v) is 7.25. The quantitative estimate of drug-likeness (QED) is 0.772. The number of hydrogen-bond donors (Lipinski definition) is 1. The van der Waals surface area contributed by atoms with Crippen molar-refractivity contribution in [2.45, 2.75) is 46.5 Å². The highest BCUT2D eigenvalue weighted by atomic mass is 19.1. The van der Waals surface area contributed by atoms with Gasteiger partial charge in [-0.1, -0.05) is 45.9 Å². The maximum absolute atomic E-state index is 13.2. The molecule has 27 heavy (non-hydrogen) atoms. The zero-order valence-corrected chi connectivity index (χ0v) is 16.5. The van der Waals surface area contributed by atoms with Gasteiger partial charge in [-0.15, -0.1) is 0 Å². The van der Waals surface area contributed by atoms with Gasteiger partial charge in [0.25, 0.3) is 0 Å². The summed E-state index contributed by atoms with van der Waals surface area (Å²) in [6.45, 7) is 9.57. The number of rotatable bonds is 6. The molecule has 0 heterocycles. The normalized spacial score (nSPS) is 11.0. The van der Waals surface area contributed by atoms with E-state index in [4.69, 9.17) is 0 Å². The van der Waals surface area contributed by atoms with Crippen LogP contribution in [0.1, 0.15) is 57.6 Å². The van der Waals surface area contributed by atoms with Crippen LogP contribution in [0.15, 0.2) is 42.5 Å². The van der Waals surface area contributed by atoms with Crippen molar-refractivity contribution in [1.82, 2.24) is 0 Å². The van der Waals surface area contributed by atoms with E-state index in [1.165, 1.54) is 36.1 Å². The van der Waals surface area contributed by atoms with E-state index >= 15 is 0 Å². The first-order chi connectivity index (χ1) is 12.7. The summed E-state index contributed by atoms with van der Waals surface area (Å²) in [6, 6.07) is 11.5. The molecule has 0 radical (unpaired) electrons. The molecule has 2 aromatic carbocycles. The first-order valence-electron chi connectivity index (χ1n) is 9.17. The highest BCUT2D eigenvalue weighted by molar-refractivity contribution is 6.02. The standard InChI is InChI=1S/C22H27FN2O2/c1-14(2)19-7-6-8-20(15(3)4)22(19)24-21(27)13-25(16(5)26)18-11-9-17(23)10-12-18/h6-12,14-15H,13H2,1-5H3,(H,24,27). The van der Waals surface area contributed by atoms with Crippen molar-refractivity contribution < 1.29 is 14.0 Å². The van der Waals surface area contributed by atoms with Gasteiger partial charge in [-0.25, -0.2) is 4.39 Å². The minimum Gasteiger partial charge on any atom is -0.324 e. The summed E-state index contributed by atoms with van der Waals surface area (Å²) in [5, 5.41) is 3.00. The Labute approximate surface area is 160 Å². The average molecular weight is 370 g/mol. The molecule has 0 unspecified atom stereocenters. The van der Waals surface area contributed by atoms with Crippen LogP contribution in [0.3, 0.4) is 0 Å². The van der Waals surface area contributed by atoms with Crippen LogP contribution in [-0.2, 0) is 9.59 Å². The van der Waals surface area contributed by atoms with Gasteiger partial charge < -0.3 is 10.2 Å². The predicted octanol–water partition coefficient (Wildman–Crippen LogP) is 5.06. The molecule has 0 fully saturated rings. The van der Waals surface area contributed by atoms with Gasteiger partial charge in [-0.3, -0.25) is 9.59 Å². The number of carbonyl (C=O) groups excluding carboxylic acids is 2. The molecule has 2 rings (SSSR count). The highest BCUT2D eigenvalue weighted by Gasteiger charge is 2.19. The zero-order chi connectivity index (χ0) is 20.1. The molecule has 2 amide bonds. The van der Waals surface area contributed by atoms with E-state index in [-0.39, 0.29) is 36.0 Å². The van der Waals surface area contributed by atoms with Crippen molar-refractivity contribution in [3.8, 4) is 0 Å². The lowest BCUT2D eigenvalue weighted by Gasteiger charge is -2.23. The summed E-state index contributed by atoms with van der Waals surface area (Å²) in [7, 11) is 0. The number of amides is 2. The smallest absolute Gasteiger partial charge is 0.244 e. The lowest BCUT2D eigenvalue weighted by atomic mass is 9.92. The molecule has 0 bridgehead atoms. The van der Waals surface area contributed by atoms with Gasteiger partial charge in [0.15, 0.2) is 0 Å². The summed E-state index contributed by atoms with van der Waals surface area (Å²) >= 11 is 0. The molecule has 0 atom stereocenters. The number of nitrogens with zero attached hydrogens (tertiary/aromatic N) is 1. The molecule has 0 saturated carbocycles. The van der Waals surface area contributed by atoms with Gasteiger partial charge in [0, 0.05) is 18.3 Å². The van der Waals surface area contributed by atoms with Gasteiger partial charge >= 0.3 is 0 Å². The fraction of sp³-hybridized carbons (Fsp3) is 0.364. The number of hydrogen-bond acceptors (Lipinski definition) is 2. The molecule has 1 N–H and O–H groups in total. The minimum absolute atomic E-state index is 0.134. The second kappa shape index (κ2) is 8.80. The Hall–Kier alpha value is -2.69. The van der Waals surface area contributed by atoms with Crippen LogP contribution in [0.5, 0.6) is 0 Å². The number of nitrogens with one attached hydrogen (secondary N) is 1. The van der Waals surface area contributed by atoms with E-state index in [2.05, 4.69) is 33.0 Å². The SMILES string of the molecule is CC(=O)N(CC(=O)Nc1c(C(C)C)cccc1C(C)C)c1ccc(F)cc1. The van der Waals surface area contributed by atoms with Crippen LogP contribution in [0, 0.1) is 5.82 Å². The number of anilines is 2. The maximum atomic E-state index is 13.2. The Bertz CT molecular complexity index is 787. The lowest BCUT2D eigenvalue weighted by molar-refractivity contribution is -0.120. The summed E-state index contributed by atoms with van der Waals surface area (Å²) in [5.74, 6) is -0.457. The fourth-order valence-corrected chi connectivity index (χ4v) is 3.02.